The quantitative estimate of drug-likeness (QED) is 0.0626. The molecule has 2 aliphatic carbocycles. The van der Waals surface area contributed by atoms with Crippen LogP contribution in [0.5, 0.6) is 0 Å². The van der Waals surface area contributed by atoms with E-state index in [9.17, 15) is 14.4 Å². The van der Waals surface area contributed by atoms with Crippen LogP contribution in [-0.4, -0.2) is 52.5 Å². The molecule has 0 aliphatic heterocycles. The number of alkyl carbamates (subject to hydrolysis) is 2. The van der Waals surface area contributed by atoms with Crippen molar-refractivity contribution < 1.29 is 23.9 Å². The first-order chi connectivity index (χ1) is 29.5. The zero-order valence-electron chi connectivity index (χ0n) is 33.5. The summed E-state index contributed by atoms with van der Waals surface area (Å²) in [5.74, 6) is -0.234. The van der Waals surface area contributed by atoms with Crippen LogP contribution in [0.1, 0.15) is 64.9 Å². The molecule has 9 heteroatoms. The molecule has 6 aromatic carbocycles. The van der Waals surface area contributed by atoms with E-state index in [0.717, 1.165) is 86.2 Å². The summed E-state index contributed by atoms with van der Waals surface area (Å²) in [4.78, 5) is 40.5. The zero-order chi connectivity index (χ0) is 41.1. The summed E-state index contributed by atoms with van der Waals surface area (Å²) < 4.78 is 12.2. The minimum absolute atomic E-state index is 0.0232. The molecule has 0 spiro atoms. The summed E-state index contributed by atoms with van der Waals surface area (Å²) in [6.07, 6.45) is 1.95. The Balaban J connectivity index is 0.804. The van der Waals surface area contributed by atoms with Gasteiger partial charge in [0.05, 0.1) is 0 Å². The average molecular weight is 860 g/mol. The van der Waals surface area contributed by atoms with Gasteiger partial charge in [-0.15, -0.1) is 0 Å². The number of fused-ring (bicyclic) bond motifs is 6. The van der Waals surface area contributed by atoms with Gasteiger partial charge in [-0.25, -0.2) is 0 Å². The molecule has 8 rings (SSSR count). The second kappa shape index (κ2) is 19.8. The summed E-state index contributed by atoms with van der Waals surface area (Å²) in [5.41, 5.74) is 10.3. The van der Waals surface area contributed by atoms with E-state index in [1.165, 1.54) is 5.56 Å². The minimum atomic E-state index is -0.794. The van der Waals surface area contributed by atoms with E-state index in [1.54, 1.807) is 0 Å². The molecule has 3 unspecified atom stereocenters. The Kier molecular flexibility index (Phi) is 13.4. The van der Waals surface area contributed by atoms with Crippen molar-refractivity contribution in [2.75, 3.05) is 6.54 Å². The fourth-order valence-electron chi connectivity index (χ4n) is 8.36. The second-order valence-corrected chi connectivity index (χ2v) is 18.3. The predicted octanol–water partition coefficient (Wildman–Crippen LogP) is 9.76. The van der Waals surface area contributed by atoms with Gasteiger partial charge in [-0.1, -0.05) is 54.6 Å². The third kappa shape index (κ3) is 9.83. The number of nitrogens with one attached hydrogen (secondary N) is 3. The van der Waals surface area contributed by atoms with Gasteiger partial charge in [-0.2, -0.15) is 0 Å². The summed E-state index contributed by atoms with van der Waals surface area (Å²) in [6.45, 7) is 0.516. The van der Waals surface area contributed by atoms with Gasteiger partial charge in [0.2, 0.25) is 0 Å². The monoisotopic (exact) mass is 859 g/mol. The van der Waals surface area contributed by atoms with Crippen molar-refractivity contribution in [3.63, 3.8) is 0 Å². The first kappa shape index (κ1) is 40.7. The van der Waals surface area contributed by atoms with Crippen molar-refractivity contribution in [2.45, 2.75) is 66.8 Å². The summed E-state index contributed by atoms with van der Waals surface area (Å²) >= 11 is -0.346. The third-order valence-corrected chi connectivity index (χ3v) is 14.4. The molecule has 3 amide bonds. The van der Waals surface area contributed by atoms with E-state index in [-0.39, 0.29) is 27.7 Å². The average Bonchev–Trinajstić information content (AvgIpc) is 3.76. The molecule has 3 atom stereocenters. The zero-order valence-corrected chi connectivity index (χ0v) is 35.6. The SMILES string of the molecule is O=C(NC(C[AsH]CCCCCNC(=O)C(Cc1ccccc1)NC(=O)OC1c2ccccc2-c2ccccc21)Cc1ccccc1)OC1c2ccccc2-c2ccccc21. The van der Waals surface area contributed by atoms with E-state index in [2.05, 4.69) is 40.2 Å². The van der Waals surface area contributed by atoms with Gasteiger partial charge >= 0.3 is 284 Å². The van der Waals surface area contributed by atoms with Crippen LogP contribution in [0.2, 0.25) is 10.4 Å². The molecule has 3 N–H and O–H groups in total. The maximum atomic E-state index is 13.6. The topological polar surface area (TPSA) is 106 Å². The van der Waals surface area contributed by atoms with E-state index < -0.39 is 30.4 Å². The standard InChI is InChI=1S/C51H50AsN3O5/c56-49(46(33-36-20-6-2-7-21-36)55-51(58)60-48-44-28-14-10-24-40(44)41-25-11-15-29-45(41)48)53-31-17-3-16-30-52-34-37(32-35-18-4-1-5-19-35)54-50(57)59-47-42-26-12-8-22-38(42)39-23-9-13-27-43(39)47/h1-2,4-15,18-29,37,46-48,52H,3,16-17,30-34H2,(H,53,56)(H,54,57)(H,55,58). The van der Waals surface area contributed by atoms with Gasteiger partial charge in [0, 0.05) is 11.1 Å². The van der Waals surface area contributed by atoms with Crippen LogP contribution in [-0.2, 0) is 27.1 Å². The Bertz CT molecular complexity index is 2320. The Morgan fingerprint density at radius 3 is 1.43 bits per heavy atom. The van der Waals surface area contributed by atoms with E-state index in [0.29, 0.717) is 13.0 Å². The number of amides is 3. The molecule has 6 aromatic rings. The van der Waals surface area contributed by atoms with Crippen molar-refractivity contribution in [2.24, 2.45) is 0 Å². The van der Waals surface area contributed by atoms with Gasteiger partial charge in [0.25, 0.3) is 0 Å². The molecule has 304 valence electrons. The van der Waals surface area contributed by atoms with Crippen LogP contribution in [0.4, 0.5) is 9.59 Å². The maximum absolute atomic E-state index is 13.6. The number of hydrogen-bond donors (Lipinski definition) is 3. The van der Waals surface area contributed by atoms with Crippen LogP contribution < -0.4 is 16.0 Å². The van der Waals surface area contributed by atoms with Crippen molar-refractivity contribution in [1.29, 1.82) is 0 Å². The molecule has 0 fully saturated rings. The molecular formula is C51H50AsN3O5. The Labute approximate surface area is 358 Å². The Morgan fingerprint density at radius 2 is 0.933 bits per heavy atom. The first-order valence-electron chi connectivity index (χ1n) is 20.9. The fourth-order valence-corrected chi connectivity index (χ4v) is 11.1. The number of carbonyl (C=O) groups is 3. The first-order valence-corrected chi connectivity index (χ1v) is 23.9. The summed E-state index contributed by atoms with van der Waals surface area (Å²) in [5, 5.41) is 11.3. The Hall–Kier alpha value is -6.11. The molecule has 0 aromatic heterocycles. The van der Waals surface area contributed by atoms with Crippen molar-refractivity contribution in [1.82, 2.24) is 16.0 Å². The van der Waals surface area contributed by atoms with E-state index in [1.807, 2.05) is 133 Å². The van der Waals surface area contributed by atoms with Crippen LogP contribution in [0.15, 0.2) is 158 Å². The molecular weight excluding hydrogens is 809 g/mol. The number of benzene rings is 6. The molecule has 0 saturated heterocycles. The van der Waals surface area contributed by atoms with E-state index in [4.69, 9.17) is 9.47 Å². The van der Waals surface area contributed by atoms with Gasteiger partial charge in [0.15, 0.2) is 0 Å². The van der Waals surface area contributed by atoms with Gasteiger partial charge in [0.1, 0.15) is 0 Å². The number of carbonyl (C=O) groups excluding carboxylic acids is 3. The summed E-state index contributed by atoms with van der Waals surface area (Å²) in [7, 11) is 0. The van der Waals surface area contributed by atoms with Crippen LogP contribution in [0.3, 0.4) is 0 Å². The second-order valence-electron chi connectivity index (χ2n) is 15.4. The van der Waals surface area contributed by atoms with Crippen LogP contribution in [0, 0.1) is 0 Å². The number of rotatable bonds is 17. The van der Waals surface area contributed by atoms with Gasteiger partial charge in [-0.05, 0) is 11.1 Å². The van der Waals surface area contributed by atoms with Crippen molar-refractivity contribution >= 4 is 33.8 Å². The number of hydrogen-bond acceptors (Lipinski definition) is 5. The Morgan fingerprint density at radius 1 is 0.500 bits per heavy atom. The van der Waals surface area contributed by atoms with Crippen LogP contribution >= 0.6 is 0 Å². The molecule has 0 saturated carbocycles. The van der Waals surface area contributed by atoms with Crippen molar-refractivity contribution in [3.8, 4) is 22.3 Å². The molecule has 0 heterocycles. The molecule has 2 aliphatic rings. The van der Waals surface area contributed by atoms with E-state index >= 15 is 0 Å². The number of unbranched alkanes of at least 4 members (excludes halogenated alkanes) is 2. The van der Waals surface area contributed by atoms with Crippen molar-refractivity contribution in [3.05, 3.63) is 191 Å². The normalized spacial score (nSPS) is 13.7. The molecule has 0 bridgehead atoms. The molecule has 60 heavy (non-hydrogen) atoms. The van der Waals surface area contributed by atoms with Gasteiger partial charge in [-0.3, -0.25) is 0 Å². The molecule has 0 radical (unpaired) electrons. The summed E-state index contributed by atoms with van der Waals surface area (Å²) in [6, 6.07) is 51.3. The predicted molar refractivity (Wildman–Crippen MR) is 238 cm³/mol. The fraction of sp³-hybridized carbons (Fsp3) is 0.235. The molecule has 8 nitrogen and oxygen atoms in total. The van der Waals surface area contributed by atoms with Crippen LogP contribution in [0.25, 0.3) is 22.3 Å². The number of ether oxygens (including phenoxy) is 2. The third-order valence-electron chi connectivity index (χ3n) is 11.3. The van der Waals surface area contributed by atoms with Gasteiger partial charge < -0.3 is 0 Å².